The van der Waals surface area contributed by atoms with Crippen molar-refractivity contribution in [1.29, 1.82) is 0 Å². The van der Waals surface area contributed by atoms with E-state index in [-0.39, 0.29) is 5.91 Å². The summed E-state index contributed by atoms with van der Waals surface area (Å²) in [5.41, 5.74) is 2.43. The molecule has 0 radical (unpaired) electrons. The van der Waals surface area contributed by atoms with Crippen LogP contribution in [-0.4, -0.2) is 26.4 Å². The number of hydrogen-bond donors (Lipinski definition) is 1. The Hall–Kier alpha value is -2.80. The van der Waals surface area contributed by atoms with Crippen molar-refractivity contribution in [3.8, 4) is 0 Å². The van der Waals surface area contributed by atoms with Crippen LogP contribution in [0, 0.1) is 0 Å². The smallest absolute Gasteiger partial charge is 0.234 e. The molecule has 1 N–H and O–H groups in total. The van der Waals surface area contributed by atoms with Crippen molar-refractivity contribution in [2.75, 3.05) is 11.1 Å². The van der Waals surface area contributed by atoms with Crippen molar-refractivity contribution in [2.45, 2.75) is 24.0 Å². The first-order valence-corrected chi connectivity index (χ1v) is 9.50. The maximum absolute atomic E-state index is 12.3. The Balaban J connectivity index is 1.31. The number of furan rings is 1. The minimum Gasteiger partial charge on any atom is -0.456 e. The van der Waals surface area contributed by atoms with E-state index in [0.29, 0.717) is 11.8 Å². The van der Waals surface area contributed by atoms with Crippen LogP contribution in [0.4, 0.5) is 5.69 Å². The molecule has 0 saturated heterocycles. The average molecular weight is 364 g/mol. The first-order valence-electron chi connectivity index (χ1n) is 8.51. The van der Waals surface area contributed by atoms with Crippen molar-refractivity contribution >= 4 is 45.3 Å². The van der Waals surface area contributed by atoms with Gasteiger partial charge in [-0.3, -0.25) is 4.79 Å². The van der Waals surface area contributed by atoms with Gasteiger partial charge < -0.3 is 14.3 Å². The Kier molecular flexibility index (Phi) is 3.67. The third kappa shape index (κ3) is 2.84. The van der Waals surface area contributed by atoms with E-state index in [0.717, 1.165) is 45.6 Å². The Morgan fingerprint density at radius 1 is 1.19 bits per heavy atom. The second-order valence-electron chi connectivity index (χ2n) is 6.40. The van der Waals surface area contributed by atoms with E-state index in [1.807, 2.05) is 42.5 Å². The van der Waals surface area contributed by atoms with Gasteiger partial charge in [0.25, 0.3) is 0 Å². The summed E-state index contributed by atoms with van der Waals surface area (Å²) in [4.78, 5) is 12.3. The SMILES string of the molecule is O=C(CSc1nncn1C1CC1)Nc1ccc2oc3ccccc3c2c1. The summed E-state index contributed by atoms with van der Waals surface area (Å²) in [6, 6.07) is 14.1. The lowest BCUT2D eigenvalue weighted by atomic mass is 10.1. The average Bonchev–Trinajstić information content (AvgIpc) is 3.27. The third-order valence-electron chi connectivity index (χ3n) is 4.47. The molecule has 2 aromatic carbocycles. The van der Waals surface area contributed by atoms with Gasteiger partial charge in [-0.15, -0.1) is 10.2 Å². The summed E-state index contributed by atoms with van der Waals surface area (Å²) in [6.45, 7) is 0. The van der Waals surface area contributed by atoms with Crippen LogP contribution in [-0.2, 0) is 4.79 Å². The Morgan fingerprint density at radius 2 is 2.04 bits per heavy atom. The zero-order valence-corrected chi connectivity index (χ0v) is 14.7. The van der Waals surface area contributed by atoms with Crippen LogP contribution in [0.2, 0.25) is 0 Å². The summed E-state index contributed by atoms with van der Waals surface area (Å²) in [7, 11) is 0. The van der Waals surface area contributed by atoms with Crippen LogP contribution in [0.15, 0.2) is 58.4 Å². The van der Waals surface area contributed by atoms with Crippen molar-refractivity contribution in [1.82, 2.24) is 14.8 Å². The Labute approximate surface area is 153 Å². The van der Waals surface area contributed by atoms with E-state index < -0.39 is 0 Å². The summed E-state index contributed by atoms with van der Waals surface area (Å²) in [6.07, 6.45) is 4.07. The number of nitrogens with zero attached hydrogens (tertiary/aromatic N) is 3. The Bertz CT molecular complexity index is 1110. The van der Waals surface area contributed by atoms with Crippen molar-refractivity contribution in [2.24, 2.45) is 0 Å². The zero-order chi connectivity index (χ0) is 17.5. The molecule has 1 saturated carbocycles. The molecular weight excluding hydrogens is 348 g/mol. The largest absolute Gasteiger partial charge is 0.456 e. The number of thioether (sulfide) groups is 1. The monoisotopic (exact) mass is 364 g/mol. The lowest BCUT2D eigenvalue weighted by molar-refractivity contribution is -0.113. The van der Waals surface area contributed by atoms with Gasteiger partial charge >= 0.3 is 0 Å². The number of hydrogen-bond acceptors (Lipinski definition) is 5. The molecule has 7 heteroatoms. The molecule has 130 valence electrons. The summed E-state index contributed by atoms with van der Waals surface area (Å²) < 4.78 is 7.87. The molecule has 26 heavy (non-hydrogen) atoms. The summed E-state index contributed by atoms with van der Waals surface area (Å²) in [5.74, 6) is 0.239. The molecule has 0 aliphatic heterocycles. The number of rotatable bonds is 5. The molecule has 0 unspecified atom stereocenters. The number of carbonyl (C=O) groups is 1. The van der Waals surface area contributed by atoms with Crippen LogP contribution in [0.25, 0.3) is 21.9 Å². The van der Waals surface area contributed by atoms with E-state index in [9.17, 15) is 4.79 Å². The quantitative estimate of drug-likeness (QED) is 0.536. The van der Waals surface area contributed by atoms with Gasteiger partial charge in [0, 0.05) is 22.5 Å². The van der Waals surface area contributed by atoms with E-state index >= 15 is 0 Å². The van der Waals surface area contributed by atoms with E-state index in [2.05, 4.69) is 20.1 Å². The first kappa shape index (κ1) is 15.5. The van der Waals surface area contributed by atoms with Crippen LogP contribution in [0.1, 0.15) is 18.9 Å². The minimum absolute atomic E-state index is 0.0625. The van der Waals surface area contributed by atoms with Crippen LogP contribution < -0.4 is 5.32 Å². The van der Waals surface area contributed by atoms with E-state index in [4.69, 9.17) is 4.42 Å². The number of carbonyl (C=O) groups excluding carboxylic acids is 1. The lowest BCUT2D eigenvalue weighted by Gasteiger charge is -2.06. The van der Waals surface area contributed by atoms with Gasteiger partial charge in [0.2, 0.25) is 5.91 Å². The van der Waals surface area contributed by atoms with Crippen LogP contribution in [0.5, 0.6) is 0 Å². The highest BCUT2D eigenvalue weighted by Gasteiger charge is 2.26. The van der Waals surface area contributed by atoms with Gasteiger partial charge in [0.1, 0.15) is 17.5 Å². The van der Waals surface area contributed by atoms with Crippen molar-refractivity contribution in [3.05, 3.63) is 48.8 Å². The number of anilines is 1. The molecule has 1 aliphatic rings. The van der Waals surface area contributed by atoms with Gasteiger partial charge in [0.15, 0.2) is 5.16 Å². The number of benzene rings is 2. The topological polar surface area (TPSA) is 73.0 Å². The van der Waals surface area contributed by atoms with Crippen molar-refractivity contribution < 1.29 is 9.21 Å². The Morgan fingerprint density at radius 3 is 2.92 bits per heavy atom. The summed E-state index contributed by atoms with van der Waals surface area (Å²) >= 11 is 1.42. The maximum atomic E-state index is 12.3. The third-order valence-corrected chi connectivity index (χ3v) is 5.43. The van der Waals surface area contributed by atoms with E-state index in [1.165, 1.54) is 11.8 Å². The van der Waals surface area contributed by atoms with Crippen LogP contribution >= 0.6 is 11.8 Å². The highest BCUT2D eigenvalue weighted by molar-refractivity contribution is 7.99. The number of para-hydroxylation sites is 1. The normalized spacial score (nSPS) is 14.2. The fourth-order valence-electron chi connectivity index (χ4n) is 3.07. The van der Waals surface area contributed by atoms with Gasteiger partial charge in [0.05, 0.1) is 5.75 Å². The lowest BCUT2D eigenvalue weighted by Crippen LogP contribution is -2.14. The highest BCUT2D eigenvalue weighted by atomic mass is 32.2. The molecule has 5 rings (SSSR count). The standard InChI is InChI=1S/C19H16N4O2S/c24-18(10-26-19-22-20-11-23(19)13-6-7-13)21-12-5-8-17-15(9-12)14-3-1-2-4-16(14)25-17/h1-5,8-9,11,13H,6-7,10H2,(H,21,24). The number of nitrogens with one attached hydrogen (secondary N) is 1. The predicted molar refractivity (Wildman–Crippen MR) is 101 cm³/mol. The highest BCUT2D eigenvalue weighted by Crippen LogP contribution is 2.37. The molecule has 6 nitrogen and oxygen atoms in total. The molecule has 2 aromatic heterocycles. The fraction of sp³-hybridized carbons (Fsp3) is 0.211. The molecule has 4 aromatic rings. The van der Waals surface area contributed by atoms with Gasteiger partial charge in [-0.05, 0) is 37.1 Å². The second-order valence-corrected chi connectivity index (χ2v) is 7.34. The molecule has 1 amide bonds. The molecular formula is C19H16N4O2S. The predicted octanol–water partition coefficient (Wildman–Crippen LogP) is 4.24. The van der Waals surface area contributed by atoms with Gasteiger partial charge in [-0.2, -0.15) is 0 Å². The maximum Gasteiger partial charge on any atom is 0.234 e. The fourth-order valence-corrected chi connectivity index (χ4v) is 3.85. The molecule has 1 aliphatic carbocycles. The molecule has 2 heterocycles. The minimum atomic E-state index is -0.0625. The molecule has 1 fully saturated rings. The van der Waals surface area contributed by atoms with Gasteiger partial charge in [-0.25, -0.2) is 0 Å². The summed E-state index contributed by atoms with van der Waals surface area (Å²) in [5, 5.41) is 13.9. The number of amides is 1. The molecule has 0 atom stereocenters. The molecule has 0 bridgehead atoms. The zero-order valence-electron chi connectivity index (χ0n) is 13.9. The number of fused-ring (bicyclic) bond motifs is 3. The molecule has 0 spiro atoms. The number of aromatic nitrogens is 3. The van der Waals surface area contributed by atoms with E-state index in [1.54, 1.807) is 6.33 Å². The van der Waals surface area contributed by atoms with Gasteiger partial charge in [-0.1, -0.05) is 30.0 Å². The first-order chi connectivity index (χ1) is 12.8. The van der Waals surface area contributed by atoms with Crippen LogP contribution in [0.3, 0.4) is 0 Å². The van der Waals surface area contributed by atoms with Crippen molar-refractivity contribution in [3.63, 3.8) is 0 Å². The second kappa shape index (κ2) is 6.17.